The van der Waals surface area contributed by atoms with Gasteiger partial charge in [0.25, 0.3) is 0 Å². The van der Waals surface area contributed by atoms with Gasteiger partial charge in [-0.2, -0.15) is 5.10 Å². The summed E-state index contributed by atoms with van der Waals surface area (Å²) in [5.74, 6) is 1.48. The van der Waals surface area contributed by atoms with Gasteiger partial charge in [-0.05, 0) is 43.2 Å². The van der Waals surface area contributed by atoms with E-state index in [0.717, 1.165) is 22.8 Å². The van der Waals surface area contributed by atoms with Crippen LogP contribution in [0.25, 0.3) is 22.8 Å². The molecule has 0 unspecified atom stereocenters. The zero-order chi connectivity index (χ0) is 13.2. The second-order valence-electron chi connectivity index (χ2n) is 4.54. The summed E-state index contributed by atoms with van der Waals surface area (Å²) in [7, 11) is 0. The summed E-state index contributed by atoms with van der Waals surface area (Å²) in [6.07, 6.45) is 3.49. The van der Waals surface area contributed by atoms with Crippen LogP contribution in [0.4, 0.5) is 0 Å². The van der Waals surface area contributed by atoms with E-state index in [1.165, 1.54) is 11.1 Å². The van der Waals surface area contributed by atoms with E-state index in [2.05, 4.69) is 46.1 Å². The fourth-order valence-electron chi connectivity index (χ4n) is 1.91. The van der Waals surface area contributed by atoms with Crippen LogP contribution in [-0.2, 0) is 0 Å². The molecule has 4 nitrogen and oxygen atoms in total. The van der Waals surface area contributed by atoms with Gasteiger partial charge >= 0.3 is 0 Å². The van der Waals surface area contributed by atoms with Crippen LogP contribution in [0.15, 0.2) is 42.7 Å². The summed E-state index contributed by atoms with van der Waals surface area (Å²) >= 11 is 0. The van der Waals surface area contributed by atoms with Crippen LogP contribution in [0, 0.1) is 13.8 Å². The van der Waals surface area contributed by atoms with Crippen LogP contribution in [0.1, 0.15) is 11.1 Å². The normalized spacial score (nSPS) is 10.6. The number of aromatic nitrogens is 4. The van der Waals surface area contributed by atoms with Crippen molar-refractivity contribution >= 4 is 0 Å². The van der Waals surface area contributed by atoms with Crippen molar-refractivity contribution in [3.63, 3.8) is 0 Å². The smallest absolute Gasteiger partial charge is 0.181 e. The Balaban J connectivity index is 1.99. The number of H-pyrrole nitrogens is 1. The monoisotopic (exact) mass is 250 g/mol. The van der Waals surface area contributed by atoms with Gasteiger partial charge in [-0.15, -0.1) is 0 Å². The minimum atomic E-state index is 0.718. The summed E-state index contributed by atoms with van der Waals surface area (Å²) in [6.45, 7) is 4.19. The molecule has 2 aromatic heterocycles. The van der Waals surface area contributed by atoms with E-state index in [0.29, 0.717) is 0 Å². The van der Waals surface area contributed by atoms with Gasteiger partial charge in [-0.25, -0.2) is 4.98 Å². The van der Waals surface area contributed by atoms with Gasteiger partial charge in [0.15, 0.2) is 11.6 Å². The van der Waals surface area contributed by atoms with Gasteiger partial charge in [0, 0.05) is 23.5 Å². The number of rotatable bonds is 2. The number of aromatic amines is 1. The Morgan fingerprint density at radius 3 is 2.42 bits per heavy atom. The van der Waals surface area contributed by atoms with Crippen LogP contribution in [-0.4, -0.2) is 20.2 Å². The second-order valence-corrected chi connectivity index (χ2v) is 4.54. The predicted octanol–water partition coefficient (Wildman–Crippen LogP) is 3.15. The summed E-state index contributed by atoms with van der Waals surface area (Å²) in [4.78, 5) is 8.52. The van der Waals surface area contributed by atoms with E-state index >= 15 is 0 Å². The first-order chi connectivity index (χ1) is 9.24. The maximum absolute atomic E-state index is 4.53. The highest BCUT2D eigenvalue weighted by Gasteiger charge is 2.08. The predicted molar refractivity (Wildman–Crippen MR) is 74.5 cm³/mol. The highest BCUT2D eigenvalue weighted by Crippen LogP contribution is 2.21. The Morgan fingerprint density at radius 1 is 0.895 bits per heavy atom. The quantitative estimate of drug-likeness (QED) is 0.760. The van der Waals surface area contributed by atoms with Gasteiger partial charge in [-0.1, -0.05) is 12.1 Å². The number of nitrogens with zero attached hydrogens (tertiary/aromatic N) is 3. The van der Waals surface area contributed by atoms with Gasteiger partial charge in [0.2, 0.25) is 0 Å². The van der Waals surface area contributed by atoms with Crippen LogP contribution in [0.2, 0.25) is 0 Å². The van der Waals surface area contributed by atoms with Crippen molar-refractivity contribution in [3.05, 3.63) is 53.9 Å². The lowest BCUT2D eigenvalue weighted by molar-refractivity contribution is 1.10. The third-order valence-electron chi connectivity index (χ3n) is 3.20. The van der Waals surface area contributed by atoms with E-state index < -0.39 is 0 Å². The summed E-state index contributed by atoms with van der Waals surface area (Å²) < 4.78 is 0. The van der Waals surface area contributed by atoms with Crippen molar-refractivity contribution in [3.8, 4) is 22.8 Å². The third kappa shape index (κ3) is 2.25. The lowest BCUT2D eigenvalue weighted by Crippen LogP contribution is -1.85. The molecule has 1 aromatic carbocycles. The van der Waals surface area contributed by atoms with Crippen LogP contribution >= 0.6 is 0 Å². The first kappa shape index (κ1) is 11.6. The molecule has 2 heterocycles. The maximum atomic E-state index is 4.53. The van der Waals surface area contributed by atoms with Crippen LogP contribution in [0.3, 0.4) is 0 Å². The van der Waals surface area contributed by atoms with E-state index in [4.69, 9.17) is 0 Å². The summed E-state index contributed by atoms with van der Waals surface area (Å²) in [6, 6.07) is 10.1. The molecule has 0 amide bonds. The molecule has 1 N–H and O–H groups in total. The second kappa shape index (κ2) is 4.65. The highest BCUT2D eigenvalue weighted by molar-refractivity contribution is 5.61. The van der Waals surface area contributed by atoms with Crippen molar-refractivity contribution in [2.24, 2.45) is 0 Å². The molecule has 3 aromatic rings. The van der Waals surface area contributed by atoms with E-state index in [-0.39, 0.29) is 0 Å². The van der Waals surface area contributed by atoms with Gasteiger partial charge < -0.3 is 0 Å². The Hall–Kier alpha value is -2.49. The number of pyridine rings is 1. The molecule has 0 saturated heterocycles. The zero-order valence-corrected chi connectivity index (χ0v) is 10.9. The molecule has 94 valence electrons. The van der Waals surface area contributed by atoms with Crippen LogP contribution in [0.5, 0.6) is 0 Å². The molecular formula is C15H14N4. The summed E-state index contributed by atoms with van der Waals surface area (Å²) in [5, 5.41) is 7.24. The lowest BCUT2D eigenvalue weighted by atomic mass is 10.1. The molecule has 0 aliphatic rings. The SMILES string of the molecule is Cc1ccc(-c2n[nH]c(-c3ccncc3)n2)cc1C. The molecule has 0 atom stereocenters. The molecule has 0 bridgehead atoms. The Bertz CT molecular complexity index is 701. The topological polar surface area (TPSA) is 54.5 Å². The fourth-order valence-corrected chi connectivity index (χ4v) is 1.91. The molecule has 4 heteroatoms. The Morgan fingerprint density at radius 2 is 1.68 bits per heavy atom. The van der Waals surface area contributed by atoms with Crippen molar-refractivity contribution in [1.82, 2.24) is 20.2 Å². The van der Waals surface area contributed by atoms with E-state index in [9.17, 15) is 0 Å². The molecule has 0 spiro atoms. The van der Waals surface area contributed by atoms with Gasteiger partial charge in [-0.3, -0.25) is 10.1 Å². The molecule has 3 rings (SSSR count). The number of aryl methyl sites for hydroxylation is 2. The first-order valence-corrected chi connectivity index (χ1v) is 6.14. The zero-order valence-electron chi connectivity index (χ0n) is 10.9. The standard InChI is InChI=1S/C15H14N4/c1-10-3-4-13(9-11(10)2)15-17-14(18-19-15)12-5-7-16-8-6-12/h3-9H,1-2H3,(H,17,18,19). The maximum Gasteiger partial charge on any atom is 0.181 e. The minimum absolute atomic E-state index is 0.718. The Kier molecular flexibility index (Phi) is 2.83. The molecule has 19 heavy (non-hydrogen) atoms. The molecule has 0 aliphatic heterocycles. The van der Waals surface area contributed by atoms with Gasteiger partial charge in [0.1, 0.15) is 0 Å². The van der Waals surface area contributed by atoms with Crippen molar-refractivity contribution in [1.29, 1.82) is 0 Å². The third-order valence-corrected chi connectivity index (χ3v) is 3.20. The minimum Gasteiger partial charge on any atom is -0.265 e. The summed E-state index contributed by atoms with van der Waals surface area (Å²) in [5.41, 5.74) is 4.53. The van der Waals surface area contributed by atoms with E-state index in [1.54, 1.807) is 12.4 Å². The average Bonchev–Trinajstić information content (AvgIpc) is 2.93. The number of hydrogen-bond donors (Lipinski definition) is 1. The largest absolute Gasteiger partial charge is 0.265 e. The highest BCUT2D eigenvalue weighted by atomic mass is 15.2. The van der Waals surface area contributed by atoms with Crippen molar-refractivity contribution in [2.45, 2.75) is 13.8 Å². The lowest BCUT2D eigenvalue weighted by Gasteiger charge is -2.01. The number of nitrogens with one attached hydrogen (secondary N) is 1. The number of hydrogen-bond acceptors (Lipinski definition) is 3. The molecule has 0 radical (unpaired) electrons. The fraction of sp³-hybridized carbons (Fsp3) is 0.133. The first-order valence-electron chi connectivity index (χ1n) is 6.14. The number of benzene rings is 1. The van der Waals surface area contributed by atoms with Crippen LogP contribution < -0.4 is 0 Å². The molecule has 0 saturated carbocycles. The van der Waals surface area contributed by atoms with E-state index in [1.807, 2.05) is 18.2 Å². The molecule has 0 aliphatic carbocycles. The van der Waals surface area contributed by atoms with Gasteiger partial charge in [0.05, 0.1) is 0 Å². The van der Waals surface area contributed by atoms with Crippen molar-refractivity contribution in [2.75, 3.05) is 0 Å². The van der Waals surface area contributed by atoms with Crippen molar-refractivity contribution < 1.29 is 0 Å². The molecule has 0 fully saturated rings. The molecular weight excluding hydrogens is 236 g/mol. The Labute approximate surface area is 111 Å². The average molecular weight is 250 g/mol.